The summed E-state index contributed by atoms with van der Waals surface area (Å²) in [6, 6.07) is 8.08. The summed E-state index contributed by atoms with van der Waals surface area (Å²) >= 11 is 0. The summed E-state index contributed by atoms with van der Waals surface area (Å²) in [6.45, 7) is 6.71. The van der Waals surface area contributed by atoms with Gasteiger partial charge in [-0.2, -0.15) is 0 Å². The molecule has 0 spiro atoms. The molecular formula is C15H25NO2. The van der Waals surface area contributed by atoms with E-state index in [4.69, 9.17) is 9.47 Å². The van der Waals surface area contributed by atoms with E-state index in [0.29, 0.717) is 19.1 Å². The van der Waals surface area contributed by atoms with Crippen LogP contribution in [-0.2, 0) is 4.74 Å². The highest BCUT2D eigenvalue weighted by Crippen LogP contribution is 2.18. The van der Waals surface area contributed by atoms with Crippen molar-refractivity contribution in [3.8, 4) is 5.75 Å². The molecule has 1 aromatic rings. The van der Waals surface area contributed by atoms with Gasteiger partial charge in [-0.15, -0.1) is 0 Å². The third kappa shape index (κ3) is 5.92. The Bertz CT molecular complexity index is 328. The number of hydrogen-bond donors (Lipinski definition) is 1. The highest BCUT2D eigenvalue weighted by Gasteiger charge is 2.01. The summed E-state index contributed by atoms with van der Waals surface area (Å²) in [4.78, 5) is 0. The third-order valence-electron chi connectivity index (χ3n) is 2.83. The number of methoxy groups -OCH3 is 1. The first kappa shape index (κ1) is 14.8. The standard InChI is InChI=1S/C15H25NO2/c1-4-6-13(2)12-16-14-7-5-8-15(11-14)18-10-9-17-3/h5,7-8,11,13,16H,4,6,9-10,12H2,1-3H3. The molecule has 0 saturated heterocycles. The topological polar surface area (TPSA) is 30.5 Å². The molecular weight excluding hydrogens is 226 g/mol. The van der Waals surface area contributed by atoms with E-state index >= 15 is 0 Å². The van der Waals surface area contributed by atoms with Crippen LogP contribution in [0.1, 0.15) is 26.7 Å². The summed E-state index contributed by atoms with van der Waals surface area (Å²) in [5, 5.41) is 3.45. The molecule has 102 valence electrons. The minimum atomic E-state index is 0.589. The molecule has 1 atom stereocenters. The normalized spacial score (nSPS) is 12.2. The average molecular weight is 251 g/mol. The van der Waals surface area contributed by atoms with Crippen LogP contribution in [0, 0.1) is 5.92 Å². The second-order valence-electron chi connectivity index (χ2n) is 4.64. The van der Waals surface area contributed by atoms with Crippen molar-refractivity contribution in [1.82, 2.24) is 0 Å². The Labute approximate surface area is 110 Å². The Morgan fingerprint density at radius 1 is 1.28 bits per heavy atom. The van der Waals surface area contributed by atoms with E-state index in [1.165, 1.54) is 12.8 Å². The number of anilines is 1. The second kappa shape index (κ2) is 8.81. The lowest BCUT2D eigenvalue weighted by molar-refractivity contribution is 0.146. The maximum atomic E-state index is 5.58. The van der Waals surface area contributed by atoms with Crippen molar-refractivity contribution in [3.05, 3.63) is 24.3 Å². The first-order chi connectivity index (χ1) is 8.76. The Hall–Kier alpha value is -1.22. The van der Waals surface area contributed by atoms with E-state index < -0.39 is 0 Å². The highest BCUT2D eigenvalue weighted by atomic mass is 16.5. The minimum absolute atomic E-state index is 0.589. The lowest BCUT2D eigenvalue weighted by Gasteiger charge is -2.13. The van der Waals surface area contributed by atoms with Crippen molar-refractivity contribution in [3.63, 3.8) is 0 Å². The smallest absolute Gasteiger partial charge is 0.121 e. The van der Waals surface area contributed by atoms with Crippen LogP contribution < -0.4 is 10.1 Å². The molecule has 0 fully saturated rings. The number of benzene rings is 1. The van der Waals surface area contributed by atoms with E-state index in [1.54, 1.807) is 7.11 Å². The molecule has 0 aromatic heterocycles. The van der Waals surface area contributed by atoms with Crippen LogP contribution in [-0.4, -0.2) is 26.9 Å². The van der Waals surface area contributed by atoms with Crippen LogP contribution >= 0.6 is 0 Å². The van der Waals surface area contributed by atoms with Gasteiger partial charge in [0.25, 0.3) is 0 Å². The second-order valence-corrected chi connectivity index (χ2v) is 4.64. The summed E-state index contributed by atoms with van der Waals surface area (Å²) in [5.41, 5.74) is 1.12. The highest BCUT2D eigenvalue weighted by molar-refractivity contribution is 5.48. The molecule has 18 heavy (non-hydrogen) atoms. The zero-order valence-corrected chi connectivity index (χ0v) is 11.7. The van der Waals surface area contributed by atoms with Gasteiger partial charge < -0.3 is 14.8 Å². The largest absolute Gasteiger partial charge is 0.491 e. The monoisotopic (exact) mass is 251 g/mol. The number of rotatable bonds is 9. The maximum Gasteiger partial charge on any atom is 0.121 e. The van der Waals surface area contributed by atoms with Crippen molar-refractivity contribution in [2.24, 2.45) is 5.92 Å². The van der Waals surface area contributed by atoms with E-state index in [-0.39, 0.29) is 0 Å². The predicted molar refractivity (Wildman–Crippen MR) is 76.4 cm³/mol. The first-order valence-electron chi connectivity index (χ1n) is 6.72. The van der Waals surface area contributed by atoms with Crippen molar-refractivity contribution < 1.29 is 9.47 Å². The Kier molecular flexibility index (Phi) is 7.26. The molecule has 0 saturated carbocycles. The lowest BCUT2D eigenvalue weighted by atomic mass is 10.1. The molecule has 1 rings (SSSR count). The Morgan fingerprint density at radius 3 is 2.83 bits per heavy atom. The molecule has 3 nitrogen and oxygen atoms in total. The SMILES string of the molecule is CCCC(C)CNc1cccc(OCCOC)c1. The van der Waals surface area contributed by atoms with Crippen LogP contribution in [0.5, 0.6) is 5.75 Å². The van der Waals surface area contributed by atoms with Gasteiger partial charge in [-0.05, 0) is 24.5 Å². The molecule has 0 amide bonds. The molecule has 1 unspecified atom stereocenters. The van der Waals surface area contributed by atoms with Gasteiger partial charge in [0.1, 0.15) is 12.4 Å². The molecule has 0 heterocycles. The van der Waals surface area contributed by atoms with Crippen LogP contribution in [0.15, 0.2) is 24.3 Å². The van der Waals surface area contributed by atoms with Gasteiger partial charge in [0.05, 0.1) is 6.61 Å². The minimum Gasteiger partial charge on any atom is -0.491 e. The Balaban J connectivity index is 2.39. The summed E-state index contributed by atoms with van der Waals surface area (Å²) < 4.78 is 10.5. The molecule has 0 aliphatic carbocycles. The Morgan fingerprint density at radius 2 is 2.11 bits per heavy atom. The van der Waals surface area contributed by atoms with E-state index in [9.17, 15) is 0 Å². The van der Waals surface area contributed by atoms with E-state index in [1.807, 2.05) is 18.2 Å². The maximum absolute atomic E-state index is 5.58. The average Bonchev–Trinajstić information content (AvgIpc) is 2.38. The number of hydrogen-bond acceptors (Lipinski definition) is 3. The van der Waals surface area contributed by atoms with Gasteiger partial charge in [0.15, 0.2) is 0 Å². The molecule has 0 aliphatic rings. The van der Waals surface area contributed by atoms with Crippen LogP contribution in [0.25, 0.3) is 0 Å². The molecule has 1 N–H and O–H groups in total. The van der Waals surface area contributed by atoms with Gasteiger partial charge in [0.2, 0.25) is 0 Å². The van der Waals surface area contributed by atoms with Crippen LogP contribution in [0.2, 0.25) is 0 Å². The van der Waals surface area contributed by atoms with Crippen molar-refractivity contribution >= 4 is 5.69 Å². The van der Waals surface area contributed by atoms with Gasteiger partial charge in [-0.1, -0.05) is 26.3 Å². The van der Waals surface area contributed by atoms with E-state index in [0.717, 1.165) is 18.0 Å². The van der Waals surface area contributed by atoms with Gasteiger partial charge in [0, 0.05) is 25.4 Å². The fourth-order valence-corrected chi connectivity index (χ4v) is 1.83. The molecule has 1 aromatic carbocycles. The predicted octanol–water partition coefficient (Wildman–Crippen LogP) is 3.56. The summed E-state index contributed by atoms with van der Waals surface area (Å²) in [6.07, 6.45) is 2.50. The molecule has 0 aliphatic heterocycles. The molecule has 0 radical (unpaired) electrons. The quantitative estimate of drug-likeness (QED) is 0.681. The fraction of sp³-hybridized carbons (Fsp3) is 0.600. The number of nitrogens with one attached hydrogen (secondary N) is 1. The van der Waals surface area contributed by atoms with Gasteiger partial charge in [-0.25, -0.2) is 0 Å². The fourth-order valence-electron chi connectivity index (χ4n) is 1.83. The first-order valence-corrected chi connectivity index (χ1v) is 6.72. The lowest BCUT2D eigenvalue weighted by Crippen LogP contribution is -2.11. The van der Waals surface area contributed by atoms with Gasteiger partial charge >= 0.3 is 0 Å². The zero-order chi connectivity index (χ0) is 13.2. The van der Waals surface area contributed by atoms with Crippen molar-refractivity contribution in [2.75, 3.05) is 32.2 Å². The third-order valence-corrected chi connectivity index (χ3v) is 2.83. The van der Waals surface area contributed by atoms with Crippen molar-refractivity contribution in [1.29, 1.82) is 0 Å². The van der Waals surface area contributed by atoms with Crippen LogP contribution in [0.4, 0.5) is 5.69 Å². The summed E-state index contributed by atoms with van der Waals surface area (Å²) in [5.74, 6) is 1.59. The molecule has 0 bridgehead atoms. The van der Waals surface area contributed by atoms with Crippen LogP contribution in [0.3, 0.4) is 0 Å². The van der Waals surface area contributed by atoms with Gasteiger partial charge in [-0.3, -0.25) is 0 Å². The van der Waals surface area contributed by atoms with E-state index in [2.05, 4.69) is 25.2 Å². The number of ether oxygens (including phenoxy) is 2. The zero-order valence-electron chi connectivity index (χ0n) is 11.7. The summed E-state index contributed by atoms with van der Waals surface area (Å²) in [7, 11) is 1.68. The molecule has 3 heteroatoms. The van der Waals surface area contributed by atoms with Crippen molar-refractivity contribution in [2.45, 2.75) is 26.7 Å².